The summed E-state index contributed by atoms with van der Waals surface area (Å²) in [4.78, 5) is 33.6. The number of rotatable bonds is 5. The van der Waals surface area contributed by atoms with E-state index in [-0.39, 0.29) is 18.7 Å². The average Bonchev–Trinajstić information content (AvgIpc) is 2.74. The van der Waals surface area contributed by atoms with E-state index < -0.39 is 29.9 Å². The van der Waals surface area contributed by atoms with Gasteiger partial charge in [-0.1, -0.05) is 0 Å². The van der Waals surface area contributed by atoms with E-state index in [1.54, 1.807) is 6.92 Å². The fraction of sp³-hybridized carbons (Fsp3) is 0.636. The maximum Gasteiger partial charge on any atom is 0.326 e. The Morgan fingerprint density at radius 1 is 1.67 bits per heavy atom. The first kappa shape index (κ1) is 14.0. The molecular formula is C11H15N3O4. The Balaban J connectivity index is 2.56. The third-order valence-corrected chi connectivity index (χ3v) is 2.74. The second-order valence-corrected chi connectivity index (χ2v) is 4.32. The normalized spacial score (nSPS) is 21.6. The van der Waals surface area contributed by atoms with Crippen LogP contribution in [0.2, 0.25) is 0 Å². The minimum atomic E-state index is -1.19. The number of nitriles is 1. The lowest BCUT2D eigenvalue weighted by Crippen LogP contribution is -2.49. The van der Waals surface area contributed by atoms with Gasteiger partial charge in [0.1, 0.15) is 12.1 Å². The number of aliphatic carboxylic acids is 1. The van der Waals surface area contributed by atoms with Crippen LogP contribution in [0.3, 0.4) is 0 Å². The van der Waals surface area contributed by atoms with Crippen molar-refractivity contribution >= 4 is 17.8 Å². The van der Waals surface area contributed by atoms with Gasteiger partial charge in [0, 0.05) is 12.3 Å². The summed E-state index contributed by atoms with van der Waals surface area (Å²) in [5.74, 6) is -2.38. The highest BCUT2D eigenvalue weighted by Gasteiger charge is 2.30. The van der Waals surface area contributed by atoms with Crippen molar-refractivity contribution in [3.8, 4) is 6.07 Å². The second-order valence-electron chi connectivity index (χ2n) is 4.32. The van der Waals surface area contributed by atoms with Crippen molar-refractivity contribution in [1.82, 2.24) is 10.6 Å². The Morgan fingerprint density at radius 3 is 2.78 bits per heavy atom. The first-order valence-electron chi connectivity index (χ1n) is 5.66. The lowest BCUT2D eigenvalue weighted by molar-refractivity contribution is -0.142. The molecule has 1 saturated heterocycles. The van der Waals surface area contributed by atoms with Crippen LogP contribution in [0.15, 0.2) is 0 Å². The van der Waals surface area contributed by atoms with Crippen molar-refractivity contribution < 1.29 is 19.5 Å². The fourth-order valence-electron chi connectivity index (χ4n) is 1.71. The molecule has 7 heteroatoms. The van der Waals surface area contributed by atoms with Crippen LogP contribution < -0.4 is 10.6 Å². The van der Waals surface area contributed by atoms with Crippen LogP contribution in [0.5, 0.6) is 0 Å². The topological polar surface area (TPSA) is 119 Å². The predicted molar refractivity (Wildman–Crippen MR) is 60.1 cm³/mol. The number of carbonyl (C=O) groups excluding carboxylic acids is 2. The largest absolute Gasteiger partial charge is 0.480 e. The Morgan fingerprint density at radius 2 is 2.33 bits per heavy atom. The molecule has 3 N–H and O–H groups in total. The smallest absolute Gasteiger partial charge is 0.326 e. The van der Waals surface area contributed by atoms with E-state index in [4.69, 9.17) is 10.4 Å². The zero-order valence-corrected chi connectivity index (χ0v) is 9.97. The molecule has 1 aliphatic rings. The molecule has 3 atom stereocenters. The summed E-state index contributed by atoms with van der Waals surface area (Å²) in [6.45, 7) is 1.58. The molecule has 0 bridgehead atoms. The molecule has 7 nitrogen and oxygen atoms in total. The number of hydrogen-bond donors (Lipinski definition) is 3. The molecule has 1 rings (SSSR count). The van der Waals surface area contributed by atoms with Gasteiger partial charge in [0.25, 0.3) is 0 Å². The summed E-state index contributed by atoms with van der Waals surface area (Å²) in [7, 11) is 0. The van der Waals surface area contributed by atoms with Gasteiger partial charge in [-0.3, -0.25) is 9.59 Å². The Kier molecular flexibility index (Phi) is 4.66. The molecule has 0 saturated carbocycles. The lowest BCUT2D eigenvalue weighted by Gasteiger charge is -2.18. The van der Waals surface area contributed by atoms with E-state index >= 15 is 0 Å². The molecular weight excluding hydrogens is 238 g/mol. The van der Waals surface area contributed by atoms with Crippen molar-refractivity contribution in [1.29, 1.82) is 5.26 Å². The number of nitrogens with one attached hydrogen (secondary N) is 2. The predicted octanol–water partition coefficient (Wildman–Crippen LogP) is -0.616. The van der Waals surface area contributed by atoms with Crippen LogP contribution in [0, 0.1) is 17.2 Å². The summed E-state index contributed by atoms with van der Waals surface area (Å²) in [5.41, 5.74) is 0. The van der Waals surface area contributed by atoms with E-state index in [1.807, 2.05) is 6.07 Å². The van der Waals surface area contributed by atoms with Crippen molar-refractivity contribution in [3.63, 3.8) is 0 Å². The van der Waals surface area contributed by atoms with Gasteiger partial charge in [-0.25, -0.2) is 4.79 Å². The summed E-state index contributed by atoms with van der Waals surface area (Å²) < 4.78 is 0. The Bertz CT molecular complexity index is 402. The van der Waals surface area contributed by atoms with E-state index in [1.165, 1.54) is 0 Å². The van der Waals surface area contributed by atoms with Gasteiger partial charge >= 0.3 is 5.97 Å². The maximum atomic E-state index is 11.7. The van der Waals surface area contributed by atoms with E-state index in [2.05, 4.69) is 10.6 Å². The number of nitrogens with zero attached hydrogens (tertiary/aromatic N) is 1. The molecule has 0 aromatic rings. The molecule has 1 fully saturated rings. The monoisotopic (exact) mass is 253 g/mol. The van der Waals surface area contributed by atoms with E-state index in [9.17, 15) is 14.4 Å². The second kappa shape index (κ2) is 6.00. The third kappa shape index (κ3) is 3.73. The number of hydrogen-bond acceptors (Lipinski definition) is 4. The van der Waals surface area contributed by atoms with Crippen LogP contribution in [0.4, 0.5) is 0 Å². The highest BCUT2D eigenvalue weighted by molar-refractivity contribution is 5.92. The van der Waals surface area contributed by atoms with Crippen LogP contribution in [-0.2, 0) is 14.4 Å². The standard InChI is InChI=1S/C11H15N3O4/c1-6(5-12)4-8(11(17)18)14-10(16)7-2-3-9(15)13-7/h6-8H,2-4H2,1H3,(H,13,15)(H,14,16)(H,17,18)/t6-,7+,8+/m1/s1. The van der Waals surface area contributed by atoms with Crippen molar-refractivity contribution in [2.45, 2.75) is 38.3 Å². The molecule has 98 valence electrons. The zero-order valence-electron chi connectivity index (χ0n) is 9.97. The van der Waals surface area contributed by atoms with Gasteiger partial charge in [-0.2, -0.15) is 5.26 Å². The summed E-state index contributed by atoms with van der Waals surface area (Å²) in [6.07, 6.45) is 0.674. The molecule has 0 aromatic heterocycles. The van der Waals surface area contributed by atoms with Gasteiger partial charge in [-0.15, -0.1) is 0 Å². The average molecular weight is 253 g/mol. The van der Waals surface area contributed by atoms with Crippen LogP contribution in [0.25, 0.3) is 0 Å². The van der Waals surface area contributed by atoms with Gasteiger partial charge in [0.05, 0.1) is 6.07 Å². The van der Waals surface area contributed by atoms with Gasteiger partial charge in [0.15, 0.2) is 0 Å². The maximum absolute atomic E-state index is 11.7. The molecule has 0 unspecified atom stereocenters. The summed E-state index contributed by atoms with van der Waals surface area (Å²) in [6, 6.07) is 0.139. The highest BCUT2D eigenvalue weighted by Crippen LogP contribution is 2.09. The summed E-state index contributed by atoms with van der Waals surface area (Å²) in [5, 5.41) is 22.4. The summed E-state index contributed by atoms with van der Waals surface area (Å²) >= 11 is 0. The van der Waals surface area contributed by atoms with Crippen LogP contribution in [-0.4, -0.2) is 35.0 Å². The molecule has 0 aliphatic carbocycles. The minimum absolute atomic E-state index is 0.0399. The number of carboxylic acid groups (broad SMARTS) is 1. The molecule has 1 aliphatic heterocycles. The minimum Gasteiger partial charge on any atom is -0.480 e. The van der Waals surface area contributed by atoms with Gasteiger partial charge < -0.3 is 15.7 Å². The van der Waals surface area contributed by atoms with Gasteiger partial charge in [0.2, 0.25) is 11.8 Å². The van der Waals surface area contributed by atoms with E-state index in [0.717, 1.165) is 0 Å². The Hall–Kier alpha value is -2.10. The molecule has 18 heavy (non-hydrogen) atoms. The van der Waals surface area contributed by atoms with E-state index in [0.29, 0.717) is 6.42 Å². The molecule has 0 aromatic carbocycles. The first-order valence-corrected chi connectivity index (χ1v) is 5.66. The fourth-order valence-corrected chi connectivity index (χ4v) is 1.71. The van der Waals surface area contributed by atoms with Crippen molar-refractivity contribution in [3.05, 3.63) is 0 Å². The zero-order chi connectivity index (χ0) is 13.7. The number of carbonyl (C=O) groups is 3. The van der Waals surface area contributed by atoms with Crippen LogP contribution in [0.1, 0.15) is 26.2 Å². The first-order chi connectivity index (χ1) is 8.43. The number of amides is 2. The lowest BCUT2D eigenvalue weighted by atomic mass is 10.0. The molecule has 1 heterocycles. The Labute approximate surface area is 104 Å². The third-order valence-electron chi connectivity index (χ3n) is 2.74. The molecule has 0 spiro atoms. The molecule has 0 radical (unpaired) electrons. The van der Waals surface area contributed by atoms with Gasteiger partial charge in [-0.05, 0) is 19.8 Å². The van der Waals surface area contributed by atoms with Crippen LogP contribution >= 0.6 is 0 Å². The van der Waals surface area contributed by atoms with Crippen molar-refractivity contribution in [2.24, 2.45) is 5.92 Å². The van der Waals surface area contributed by atoms with Crippen molar-refractivity contribution in [2.75, 3.05) is 0 Å². The quantitative estimate of drug-likeness (QED) is 0.603. The highest BCUT2D eigenvalue weighted by atomic mass is 16.4. The number of carboxylic acids is 1. The SMILES string of the molecule is C[C@@H](C#N)C[C@H](NC(=O)[C@@H]1CCC(=O)N1)C(=O)O. The molecule has 2 amide bonds.